The lowest BCUT2D eigenvalue weighted by molar-refractivity contribution is 0.806. The third kappa shape index (κ3) is 2.37. The molecular formula is C15H10ClN5. The van der Waals surface area contributed by atoms with Gasteiger partial charge in [-0.3, -0.25) is 4.98 Å². The van der Waals surface area contributed by atoms with Crippen LogP contribution in [0.1, 0.15) is 11.3 Å². The number of rotatable bonds is 2. The highest BCUT2D eigenvalue weighted by Crippen LogP contribution is 2.26. The number of pyridine rings is 1. The molecule has 0 bridgehead atoms. The number of nitriles is 1. The number of aryl methyl sites for hydroxylation is 1. The Kier molecular flexibility index (Phi) is 3.38. The first-order valence-electron chi connectivity index (χ1n) is 6.23. The smallest absolute Gasteiger partial charge is 0.191 e. The van der Waals surface area contributed by atoms with Gasteiger partial charge in [-0.1, -0.05) is 22.9 Å². The van der Waals surface area contributed by atoms with Gasteiger partial charge in [-0.25, -0.2) is 4.68 Å². The van der Waals surface area contributed by atoms with Gasteiger partial charge in [-0.2, -0.15) is 5.26 Å². The van der Waals surface area contributed by atoms with Crippen LogP contribution in [0, 0.1) is 18.3 Å². The van der Waals surface area contributed by atoms with Crippen molar-refractivity contribution in [3.8, 4) is 23.0 Å². The van der Waals surface area contributed by atoms with Crippen molar-refractivity contribution >= 4 is 11.6 Å². The van der Waals surface area contributed by atoms with E-state index < -0.39 is 0 Å². The Bertz CT molecular complexity index is 833. The van der Waals surface area contributed by atoms with Gasteiger partial charge in [0.1, 0.15) is 11.8 Å². The maximum atomic E-state index is 9.23. The van der Waals surface area contributed by atoms with Crippen molar-refractivity contribution in [1.82, 2.24) is 20.0 Å². The molecule has 0 fully saturated rings. The van der Waals surface area contributed by atoms with Crippen LogP contribution in [0.25, 0.3) is 16.9 Å². The molecule has 0 saturated heterocycles. The molecule has 3 rings (SSSR count). The average Bonchev–Trinajstić information content (AvgIpc) is 2.95. The van der Waals surface area contributed by atoms with Gasteiger partial charge in [0, 0.05) is 23.0 Å². The normalized spacial score (nSPS) is 10.3. The molecule has 2 heterocycles. The molecule has 3 aromatic rings. The fourth-order valence-corrected chi connectivity index (χ4v) is 2.19. The second-order valence-corrected chi connectivity index (χ2v) is 4.89. The molecule has 0 aliphatic rings. The predicted octanol–water partition coefficient (Wildman–Crippen LogP) is 3.16. The van der Waals surface area contributed by atoms with Crippen molar-refractivity contribution in [2.45, 2.75) is 6.92 Å². The van der Waals surface area contributed by atoms with Crippen molar-refractivity contribution in [2.24, 2.45) is 0 Å². The maximum absolute atomic E-state index is 9.23. The van der Waals surface area contributed by atoms with E-state index in [1.165, 1.54) is 0 Å². The molecule has 0 saturated carbocycles. The maximum Gasteiger partial charge on any atom is 0.191 e. The molecule has 0 aliphatic carbocycles. The van der Waals surface area contributed by atoms with E-state index in [1.54, 1.807) is 23.1 Å². The van der Waals surface area contributed by atoms with Crippen LogP contribution in [-0.2, 0) is 0 Å². The third-order valence-corrected chi connectivity index (χ3v) is 3.54. The highest BCUT2D eigenvalue weighted by atomic mass is 35.5. The summed E-state index contributed by atoms with van der Waals surface area (Å²) in [6, 6.07) is 11.3. The Hall–Kier alpha value is -2.71. The fraction of sp³-hybridized carbons (Fsp3) is 0.0667. The van der Waals surface area contributed by atoms with Crippen LogP contribution in [0.3, 0.4) is 0 Å². The van der Waals surface area contributed by atoms with E-state index in [-0.39, 0.29) is 5.69 Å². The zero-order valence-electron chi connectivity index (χ0n) is 11.2. The number of halogens is 1. The van der Waals surface area contributed by atoms with Gasteiger partial charge in [0.05, 0.1) is 5.69 Å². The number of hydrogen-bond acceptors (Lipinski definition) is 4. The van der Waals surface area contributed by atoms with E-state index in [1.807, 2.05) is 31.2 Å². The standard InChI is InChI=1S/C15H10ClN5/c1-10-2-3-12(8-13(10)16)21-15(14(9-17)19-20-21)11-4-6-18-7-5-11/h2-8H,1H3. The van der Waals surface area contributed by atoms with Crippen LogP contribution in [-0.4, -0.2) is 20.0 Å². The molecule has 0 spiro atoms. The largest absolute Gasteiger partial charge is 0.265 e. The predicted molar refractivity (Wildman–Crippen MR) is 79.1 cm³/mol. The molecule has 5 nitrogen and oxygen atoms in total. The minimum Gasteiger partial charge on any atom is -0.265 e. The van der Waals surface area contributed by atoms with Gasteiger partial charge >= 0.3 is 0 Å². The molecule has 0 radical (unpaired) electrons. The molecule has 0 atom stereocenters. The molecule has 0 amide bonds. The van der Waals surface area contributed by atoms with Crippen LogP contribution in [0.5, 0.6) is 0 Å². The van der Waals surface area contributed by atoms with Gasteiger partial charge in [0.2, 0.25) is 0 Å². The van der Waals surface area contributed by atoms with Crippen molar-refractivity contribution in [3.05, 3.63) is 59.0 Å². The quantitative estimate of drug-likeness (QED) is 0.728. The Morgan fingerprint density at radius 2 is 1.95 bits per heavy atom. The Balaban J connectivity index is 2.23. The minimum atomic E-state index is 0.262. The molecule has 2 aromatic heterocycles. The zero-order valence-corrected chi connectivity index (χ0v) is 11.9. The highest BCUT2D eigenvalue weighted by Gasteiger charge is 2.16. The topological polar surface area (TPSA) is 67.4 Å². The summed E-state index contributed by atoms with van der Waals surface area (Å²) >= 11 is 6.17. The summed E-state index contributed by atoms with van der Waals surface area (Å²) in [4.78, 5) is 3.98. The average molecular weight is 296 g/mol. The summed E-state index contributed by atoms with van der Waals surface area (Å²) in [7, 11) is 0. The molecular weight excluding hydrogens is 286 g/mol. The second kappa shape index (κ2) is 5.35. The first-order chi connectivity index (χ1) is 10.2. The van der Waals surface area contributed by atoms with E-state index in [0.717, 1.165) is 16.8 Å². The summed E-state index contributed by atoms with van der Waals surface area (Å²) in [5.74, 6) is 0. The van der Waals surface area contributed by atoms with E-state index in [4.69, 9.17) is 11.6 Å². The van der Waals surface area contributed by atoms with Gasteiger partial charge in [-0.15, -0.1) is 5.10 Å². The Labute approximate surface area is 126 Å². The lowest BCUT2D eigenvalue weighted by Gasteiger charge is -2.08. The van der Waals surface area contributed by atoms with E-state index >= 15 is 0 Å². The summed E-state index contributed by atoms with van der Waals surface area (Å²) in [6.07, 6.45) is 3.33. The molecule has 21 heavy (non-hydrogen) atoms. The van der Waals surface area contributed by atoms with Gasteiger partial charge < -0.3 is 0 Å². The SMILES string of the molecule is Cc1ccc(-n2nnc(C#N)c2-c2ccncc2)cc1Cl. The molecule has 0 unspecified atom stereocenters. The Morgan fingerprint density at radius 3 is 2.62 bits per heavy atom. The van der Waals surface area contributed by atoms with Crippen molar-refractivity contribution in [2.75, 3.05) is 0 Å². The fourth-order valence-electron chi connectivity index (χ4n) is 2.02. The van der Waals surface area contributed by atoms with Crippen LogP contribution in [0.2, 0.25) is 5.02 Å². The number of nitrogens with zero attached hydrogens (tertiary/aromatic N) is 5. The van der Waals surface area contributed by atoms with Crippen molar-refractivity contribution in [3.63, 3.8) is 0 Å². The van der Waals surface area contributed by atoms with Crippen LogP contribution in [0.4, 0.5) is 0 Å². The lowest BCUT2D eigenvalue weighted by atomic mass is 10.1. The van der Waals surface area contributed by atoms with E-state index in [2.05, 4.69) is 21.4 Å². The van der Waals surface area contributed by atoms with Crippen LogP contribution >= 0.6 is 11.6 Å². The van der Waals surface area contributed by atoms with E-state index in [0.29, 0.717) is 10.7 Å². The van der Waals surface area contributed by atoms with E-state index in [9.17, 15) is 5.26 Å². The first-order valence-corrected chi connectivity index (χ1v) is 6.61. The minimum absolute atomic E-state index is 0.262. The summed E-state index contributed by atoms with van der Waals surface area (Å²) in [5, 5.41) is 17.9. The lowest BCUT2D eigenvalue weighted by Crippen LogP contribution is -2.00. The number of benzene rings is 1. The number of aromatic nitrogens is 4. The van der Waals surface area contributed by atoms with Crippen molar-refractivity contribution in [1.29, 1.82) is 5.26 Å². The summed E-state index contributed by atoms with van der Waals surface area (Å²) < 4.78 is 1.61. The Morgan fingerprint density at radius 1 is 1.19 bits per heavy atom. The summed E-state index contributed by atoms with van der Waals surface area (Å²) in [5.41, 5.74) is 3.44. The van der Waals surface area contributed by atoms with Gasteiger partial charge in [-0.05, 0) is 36.8 Å². The second-order valence-electron chi connectivity index (χ2n) is 4.48. The molecule has 1 aromatic carbocycles. The molecule has 0 aliphatic heterocycles. The highest BCUT2D eigenvalue weighted by molar-refractivity contribution is 6.31. The van der Waals surface area contributed by atoms with Gasteiger partial charge in [0.15, 0.2) is 5.69 Å². The zero-order chi connectivity index (χ0) is 14.8. The van der Waals surface area contributed by atoms with Crippen LogP contribution in [0.15, 0.2) is 42.7 Å². The summed E-state index contributed by atoms with van der Waals surface area (Å²) in [6.45, 7) is 1.93. The third-order valence-electron chi connectivity index (χ3n) is 3.13. The molecule has 6 heteroatoms. The molecule has 102 valence electrons. The molecule has 0 N–H and O–H groups in total. The van der Waals surface area contributed by atoms with Crippen LogP contribution < -0.4 is 0 Å². The van der Waals surface area contributed by atoms with Crippen molar-refractivity contribution < 1.29 is 0 Å². The monoisotopic (exact) mass is 295 g/mol. The number of hydrogen-bond donors (Lipinski definition) is 0. The van der Waals surface area contributed by atoms with Gasteiger partial charge in [0.25, 0.3) is 0 Å². The first kappa shape index (κ1) is 13.3.